The third-order valence-electron chi connectivity index (χ3n) is 5.25. The molecule has 0 saturated carbocycles. The minimum atomic E-state index is -0.417. The first-order valence-electron chi connectivity index (χ1n) is 10.7. The van der Waals surface area contributed by atoms with Crippen molar-refractivity contribution >= 4 is 52.2 Å². The number of anilines is 5. The van der Waals surface area contributed by atoms with Crippen LogP contribution in [0.5, 0.6) is 0 Å². The van der Waals surface area contributed by atoms with E-state index in [-0.39, 0.29) is 18.2 Å². The Bertz CT molecular complexity index is 1150. The maximum atomic E-state index is 12.8. The average Bonchev–Trinajstić information content (AvgIpc) is 3.17. The molecule has 0 aliphatic carbocycles. The molecule has 0 radical (unpaired) electrons. The molecule has 8 nitrogen and oxygen atoms in total. The van der Waals surface area contributed by atoms with Crippen LogP contribution in [0.4, 0.5) is 28.8 Å². The number of benzene rings is 2. The van der Waals surface area contributed by atoms with Crippen molar-refractivity contribution in [1.29, 1.82) is 0 Å². The fraction of sp³-hybridized carbons (Fsp3) is 0.250. The lowest BCUT2D eigenvalue weighted by molar-refractivity contribution is -0.122. The van der Waals surface area contributed by atoms with Crippen molar-refractivity contribution in [2.45, 2.75) is 20.3 Å². The van der Waals surface area contributed by atoms with Crippen LogP contribution >= 0.6 is 11.6 Å². The third-order valence-corrected chi connectivity index (χ3v) is 5.50. The summed E-state index contributed by atoms with van der Waals surface area (Å²) < 4.78 is 0. The number of hydrogen-bond donors (Lipinski definition) is 3. The van der Waals surface area contributed by atoms with Gasteiger partial charge in [-0.2, -0.15) is 4.98 Å². The molecule has 1 atom stereocenters. The standard InChI is InChI=1S/C24H25ClN6O2/c1-3-26-24-27-15(2)12-21(30-24)28-18-6-8-19(9-7-18)29-23(33)16-13-22(32)31(14-16)20-10-4-17(25)5-11-20/h4-12,16H,3,13-14H2,1-2H3,(H,29,33)(H2,26,27,28,30). The number of aryl methyl sites for hydroxylation is 1. The van der Waals surface area contributed by atoms with Gasteiger partial charge in [0.15, 0.2) is 0 Å². The molecule has 1 fully saturated rings. The molecule has 1 saturated heterocycles. The minimum absolute atomic E-state index is 0.0749. The van der Waals surface area contributed by atoms with Crippen LogP contribution in [0.15, 0.2) is 54.6 Å². The highest BCUT2D eigenvalue weighted by atomic mass is 35.5. The number of amides is 2. The van der Waals surface area contributed by atoms with Crippen LogP contribution in [-0.4, -0.2) is 34.9 Å². The van der Waals surface area contributed by atoms with E-state index in [0.29, 0.717) is 29.0 Å². The summed E-state index contributed by atoms with van der Waals surface area (Å²) >= 11 is 5.93. The van der Waals surface area contributed by atoms with Gasteiger partial charge in [-0.1, -0.05) is 11.6 Å². The molecule has 3 aromatic rings. The molecule has 1 unspecified atom stereocenters. The quantitative estimate of drug-likeness (QED) is 0.472. The molecule has 3 N–H and O–H groups in total. The molecule has 1 aromatic heterocycles. The summed E-state index contributed by atoms with van der Waals surface area (Å²) in [4.78, 5) is 35.6. The van der Waals surface area contributed by atoms with Gasteiger partial charge in [0.1, 0.15) is 5.82 Å². The molecule has 1 aliphatic rings. The normalized spacial score (nSPS) is 15.4. The third kappa shape index (κ3) is 5.59. The van der Waals surface area contributed by atoms with Gasteiger partial charge in [0.05, 0.1) is 5.92 Å². The molecule has 33 heavy (non-hydrogen) atoms. The van der Waals surface area contributed by atoms with Gasteiger partial charge in [-0.3, -0.25) is 9.59 Å². The van der Waals surface area contributed by atoms with E-state index in [1.54, 1.807) is 29.2 Å². The number of halogens is 1. The molecular formula is C24H25ClN6O2. The van der Waals surface area contributed by atoms with Crippen LogP contribution in [0.3, 0.4) is 0 Å². The summed E-state index contributed by atoms with van der Waals surface area (Å²) in [6.07, 6.45) is 0.176. The van der Waals surface area contributed by atoms with E-state index in [1.807, 2.05) is 44.2 Å². The first-order valence-corrected chi connectivity index (χ1v) is 11.1. The van der Waals surface area contributed by atoms with Crippen molar-refractivity contribution in [2.24, 2.45) is 5.92 Å². The van der Waals surface area contributed by atoms with E-state index < -0.39 is 5.92 Å². The Balaban J connectivity index is 1.36. The number of rotatable bonds is 7. The number of carbonyl (C=O) groups excluding carboxylic acids is 2. The average molecular weight is 465 g/mol. The van der Waals surface area contributed by atoms with Crippen LogP contribution in [0.1, 0.15) is 19.0 Å². The molecule has 0 bridgehead atoms. The zero-order valence-electron chi connectivity index (χ0n) is 18.4. The van der Waals surface area contributed by atoms with E-state index in [2.05, 4.69) is 25.9 Å². The van der Waals surface area contributed by atoms with E-state index in [4.69, 9.17) is 11.6 Å². The number of nitrogens with one attached hydrogen (secondary N) is 3. The fourth-order valence-electron chi connectivity index (χ4n) is 3.65. The second kappa shape index (κ2) is 9.87. The van der Waals surface area contributed by atoms with Crippen LogP contribution in [0.25, 0.3) is 0 Å². The lowest BCUT2D eigenvalue weighted by Gasteiger charge is -2.17. The Morgan fingerprint density at radius 1 is 1.09 bits per heavy atom. The Kier molecular flexibility index (Phi) is 6.74. The number of nitrogens with zero attached hydrogens (tertiary/aromatic N) is 3. The maximum Gasteiger partial charge on any atom is 0.229 e. The second-order valence-corrected chi connectivity index (χ2v) is 8.26. The van der Waals surface area contributed by atoms with Crippen molar-refractivity contribution in [3.8, 4) is 0 Å². The zero-order valence-corrected chi connectivity index (χ0v) is 19.2. The van der Waals surface area contributed by atoms with Gasteiger partial charge < -0.3 is 20.9 Å². The fourth-order valence-corrected chi connectivity index (χ4v) is 3.78. The predicted octanol–water partition coefficient (Wildman–Crippen LogP) is 4.61. The summed E-state index contributed by atoms with van der Waals surface area (Å²) in [5.41, 5.74) is 3.09. The van der Waals surface area contributed by atoms with Gasteiger partial charge in [-0.15, -0.1) is 0 Å². The van der Waals surface area contributed by atoms with E-state index in [0.717, 1.165) is 23.6 Å². The van der Waals surface area contributed by atoms with E-state index >= 15 is 0 Å². The Hall–Kier alpha value is -3.65. The molecule has 2 amide bonds. The first kappa shape index (κ1) is 22.5. The van der Waals surface area contributed by atoms with Crippen LogP contribution in [0.2, 0.25) is 5.02 Å². The molecule has 2 aromatic carbocycles. The van der Waals surface area contributed by atoms with Crippen molar-refractivity contribution in [2.75, 3.05) is 33.9 Å². The van der Waals surface area contributed by atoms with Crippen LogP contribution in [-0.2, 0) is 9.59 Å². The molecule has 2 heterocycles. The van der Waals surface area contributed by atoms with Gasteiger partial charge in [0, 0.05) is 53.4 Å². The Morgan fingerprint density at radius 2 is 1.79 bits per heavy atom. The Morgan fingerprint density at radius 3 is 2.48 bits per heavy atom. The van der Waals surface area contributed by atoms with Gasteiger partial charge >= 0.3 is 0 Å². The van der Waals surface area contributed by atoms with Gasteiger partial charge in [-0.05, 0) is 62.4 Å². The molecule has 170 valence electrons. The minimum Gasteiger partial charge on any atom is -0.354 e. The summed E-state index contributed by atoms with van der Waals surface area (Å²) in [5.74, 6) is 0.584. The highest BCUT2D eigenvalue weighted by molar-refractivity contribution is 6.30. The molecule has 1 aliphatic heterocycles. The predicted molar refractivity (Wildman–Crippen MR) is 131 cm³/mol. The maximum absolute atomic E-state index is 12.8. The highest BCUT2D eigenvalue weighted by Gasteiger charge is 2.35. The van der Waals surface area contributed by atoms with Crippen molar-refractivity contribution < 1.29 is 9.59 Å². The largest absolute Gasteiger partial charge is 0.354 e. The number of aromatic nitrogens is 2. The SMILES string of the molecule is CCNc1nc(C)cc(Nc2ccc(NC(=O)C3CC(=O)N(c4ccc(Cl)cc4)C3)cc2)n1. The van der Waals surface area contributed by atoms with Crippen molar-refractivity contribution in [3.63, 3.8) is 0 Å². The van der Waals surface area contributed by atoms with E-state index in [1.165, 1.54) is 0 Å². The summed E-state index contributed by atoms with van der Waals surface area (Å²) in [6.45, 7) is 4.98. The van der Waals surface area contributed by atoms with Crippen LogP contribution < -0.4 is 20.9 Å². The topological polar surface area (TPSA) is 99.2 Å². The molecule has 0 spiro atoms. The van der Waals surface area contributed by atoms with Crippen molar-refractivity contribution in [1.82, 2.24) is 9.97 Å². The first-order chi connectivity index (χ1) is 15.9. The van der Waals surface area contributed by atoms with Gasteiger partial charge in [0.2, 0.25) is 17.8 Å². The monoisotopic (exact) mass is 464 g/mol. The lowest BCUT2D eigenvalue weighted by atomic mass is 10.1. The van der Waals surface area contributed by atoms with Gasteiger partial charge in [-0.25, -0.2) is 4.98 Å². The van der Waals surface area contributed by atoms with Gasteiger partial charge in [0.25, 0.3) is 0 Å². The summed E-state index contributed by atoms with van der Waals surface area (Å²) in [7, 11) is 0. The number of hydrogen-bond acceptors (Lipinski definition) is 6. The van der Waals surface area contributed by atoms with Crippen molar-refractivity contribution in [3.05, 3.63) is 65.3 Å². The molecule has 4 rings (SSSR count). The zero-order chi connectivity index (χ0) is 23.4. The lowest BCUT2D eigenvalue weighted by Crippen LogP contribution is -2.28. The summed E-state index contributed by atoms with van der Waals surface area (Å²) in [6, 6.07) is 16.2. The summed E-state index contributed by atoms with van der Waals surface area (Å²) in [5, 5.41) is 9.87. The molecule has 9 heteroatoms. The smallest absolute Gasteiger partial charge is 0.229 e. The Labute approximate surface area is 197 Å². The second-order valence-electron chi connectivity index (χ2n) is 7.82. The molecular weight excluding hydrogens is 440 g/mol. The van der Waals surface area contributed by atoms with E-state index in [9.17, 15) is 9.59 Å². The van der Waals surface area contributed by atoms with Crippen LogP contribution in [0, 0.1) is 12.8 Å². The highest BCUT2D eigenvalue weighted by Crippen LogP contribution is 2.27. The number of carbonyl (C=O) groups is 2.